The fraction of sp³-hybridized carbons (Fsp3) is 0.450. The van der Waals surface area contributed by atoms with Gasteiger partial charge in [-0.2, -0.15) is 13.2 Å². The Bertz CT molecular complexity index is 962. The van der Waals surface area contributed by atoms with Crippen LogP contribution in [0.25, 0.3) is 0 Å². The highest BCUT2D eigenvalue weighted by atomic mass is 32.2. The number of amides is 1. The van der Waals surface area contributed by atoms with E-state index in [9.17, 15) is 26.4 Å². The summed E-state index contributed by atoms with van der Waals surface area (Å²) in [7, 11) is -3.69. The number of hydrogen-bond acceptors (Lipinski definition) is 5. The van der Waals surface area contributed by atoms with Gasteiger partial charge in [0.1, 0.15) is 0 Å². The van der Waals surface area contributed by atoms with Gasteiger partial charge in [0, 0.05) is 43.2 Å². The average Bonchev–Trinajstić information content (AvgIpc) is 3.12. The number of benzene rings is 1. The van der Waals surface area contributed by atoms with E-state index in [4.69, 9.17) is 0 Å². The van der Waals surface area contributed by atoms with Crippen molar-refractivity contribution in [3.05, 3.63) is 52.2 Å². The maximum atomic E-state index is 12.7. The Hall–Kier alpha value is -1.95. The largest absolute Gasteiger partial charge is 0.401 e. The van der Waals surface area contributed by atoms with Gasteiger partial charge in [-0.25, -0.2) is 13.1 Å². The van der Waals surface area contributed by atoms with Gasteiger partial charge >= 0.3 is 6.18 Å². The number of nitrogens with one attached hydrogen (secondary N) is 1. The molecule has 11 heteroatoms. The zero-order valence-corrected chi connectivity index (χ0v) is 18.4. The molecule has 6 nitrogen and oxygen atoms in total. The molecule has 0 saturated carbocycles. The lowest BCUT2D eigenvalue weighted by Crippen LogP contribution is -2.38. The number of rotatable bonds is 7. The zero-order valence-electron chi connectivity index (χ0n) is 16.8. The predicted octanol–water partition coefficient (Wildman–Crippen LogP) is 2.98. The second-order valence-electron chi connectivity index (χ2n) is 7.29. The Kier molecular flexibility index (Phi) is 7.73. The Morgan fingerprint density at radius 2 is 1.81 bits per heavy atom. The molecule has 0 unspecified atom stereocenters. The highest BCUT2D eigenvalue weighted by molar-refractivity contribution is 7.89. The van der Waals surface area contributed by atoms with Crippen molar-refractivity contribution in [1.82, 2.24) is 14.5 Å². The van der Waals surface area contributed by atoms with Crippen LogP contribution in [-0.4, -0.2) is 69.6 Å². The highest BCUT2D eigenvalue weighted by Gasteiger charge is 2.32. The van der Waals surface area contributed by atoms with Crippen LogP contribution in [-0.2, 0) is 16.4 Å². The van der Waals surface area contributed by atoms with E-state index < -0.39 is 22.7 Å². The molecule has 0 spiro atoms. The quantitative estimate of drug-likeness (QED) is 0.669. The summed E-state index contributed by atoms with van der Waals surface area (Å²) >= 11 is 1.56. The van der Waals surface area contributed by atoms with Crippen LogP contribution in [0.4, 0.5) is 13.2 Å². The highest BCUT2D eigenvalue weighted by Crippen LogP contribution is 2.19. The molecule has 170 valence electrons. The summed E-state index contributed by atoms with van der Waals surface area (Å²) in [5.41, 5.74) is 0.307. The molecule has 0 atom stereocenters. The Labute approximate surface area is 183 Å². The summed E-state index contributed by atoms with van der Waals surface area (Å²) in [5.74, 6) is -0.316. The normalized spacial score (nSPS) is 16.3. The van der Waals surface area contributed by atoms with E-state index in [0.717, 1.165) is 4.88 Å². The van der Waals surface area contributed by atoms with Crippen molar-refractivity contribution >= 4 is 27.3 Å². The third-order valence-electron chi connectivity index (χ3n) is 4.93. The molecule has 1 amide bonds. The van der Waals surface area contributed by atoms with Crippen LogP contribution in [0.3, 0.4) is 0 Å². The lowest BCUT2D eigenvalue weighted by atomic mass is 10.2. The molecular weight excluding hydrogens is 451 g/mol. The van der Waals surface area contributed by atoms with E-state index in [-0.39, 0.29) is 37.0 Å². The van der Waals surface area contributed by atoms with Gasteiger partial charge in [-0.05, 0) is 48.6 Å². The van der Waals surface area contributed by atoms with Gasteiger partial charge in [0.05, 0.1) is 11.4 Å². The first-order valence-corrected chi connectivity index (χ1v) is 12.2. The number of hydrogen-bond donors (Lipinski definition) is 1. The zero-order chi connectivity index (χ0) is 22.5. The molecule has 0 bridgehead atoms. The monoisotopic (exact) mass is 475 g/mol. The summed E-state index contributed by atoms with van der Waals surface area (Å²) in [5, 5.41) is 1.93. The van der Waals surface area contributed by atoms with Gasteiger partial charge in [0.15, 0.2) is 0 Å². The van der Waals surface area contributed by atoms with Gasteiger partial charge in [-0.15, -0.1) is 11.3 Å². The van der Waals surface area contributed by atoms with Gasteiger partial charge in [-0.1, -0.05) is 6.07 Å². The van der Waals surface area contributed by atoms with E-state index in [1.165, 1.54) is 34.1 Å². The first-order chi connectivity index (χ1) is 14.6. The molecular formula is C20H24F3N3O3S2. The number of halogens is 3. The topological polar surface area (TPSA) is 69.7 Å². The van der Waals surface area contributed by atoms with Crippen molar-refractivity contribution in [2.24, 2.45) is 0 Å². The maximum absolute atomic E-state index is 12.7. The van der Waals surface area contributed by atoms with E-state index in [0.29, 0.717) is 24.9 Å². The van der Waals surface area contributed by atoms with Crippen LogP contribution in [0, 0.1) is 0 Å². The summed E-state index contributed by atoms with van der Waals surface area (Å²) < 4.78 is 65.2. The molecule has 1 saturated heterocycles. The summed E-state index contributed by atoms with van der Waals surface area (Å²) in [4.78, 5) is 16.7. The van der Waals surface area contributed by atoms with Crippen molar-refractivity contribution < 1.29 is 26.4 Å². The molecule has 1 aromatic heterocycles. The molecule has 0 radical (unpaired) electrons. The number of thiophene rings is 1. The lowest BCUT2D eigenvalue weighted by molar-refractivity contribution is -0.145. The molecule has 1 aliphatic rings. The third-order valence-corrected chi connectivity index (χ3v) is 7.35. The van der Waals surface area contributed by atoms with Crippen LogP contribution in [0.2, 0.25) is 0 Å². The fourth-order valence-electron chi connectivity index (χ4n) is 3.39. The molecule has 2 heterocycles. The molecule has 31 heavy (non-hydrogen) atoms. The standard InChI is InChI=1S/C20H24F3N3O3S2/c21-20(22,23)15-25-10-2-11-26(13-12-25)19(27)16-4-6-18(7-5-16)31(28,29)24-9-8-17-3-1-14-30-17/h1,3-7,14,24H,2,8-13,15H2. The van der Waals surface area contributed by atoms with Gasteiger partial charge in [0.2, 0.25) is 10.0 Å². The van der Waals surface area contributed by atoms with Gasteiger partial charge in [0.25, 0.3) is 5.91 Å². The first-order valence-electron chi connectivity index (χ1n) is 9.84. The molecule has 1 fully saturated rings. The van der Waals surface area contributed by atoms with Crippen molar-refractivity contribution in [2.45, 2.75) is 23.9 Å². The van der Waals surface area contributed by atoms with Crippen molar-refractivity contribution in [1.29, 1.82) is 0 Å². The van der Waals surface area contributed by atoms with Crippen molar-refractivity contribution in [2.75, 3.05) is 39.3 Å². The predicted molar refractivity (Wildman–Crippen MR) is 113 cm³/mol. The van der Waals surface area contributed by atoms with Gasteiger partial charge in [-0.3, -0.25) is 9.69 Å². The Balaban J connectivity index is 1.56. The average molecular weight is 476 g/mol. The number of carbonyl (C=O) groups is 1. The third kappa shape index (κ3) is 7.03. The van der Waals surface area contributed by atoms with E-state index >= 15 is 0 Å². The Morgan fingerprint density at radius 3 is 2.45 bits per heavy atom. The minimum atomic E-state index is -4.27. The van der Waals surface area contributed by atoms with Crippen LogP contribution < -0.4 is 4.72 Å². The fourth-order valence-corrected chi connectivity index (χ4v) is 5.13. The second kappa shape index (κ2) is 10.1. The molecule has 1 N–H and O–H groups in total. The SMILES string of the molecule is O=C(c1ccc(S(=O)(=O)NCCc2cccs2)cc1)N1CCCN(CC(F)(F)F)CC1. The number of sulfonamides is 1. The van der Waals surface area contributed by atoms with Gasteiger partial charge < -0.3 is 4.90 Å². The molecule has 3 rings (SSSR count). The molecule has 1 aromatic carbocycles. The minimum absolute atomic E-state index is 0.0578. The summed E-state index contributed by atoms with van der Waals surface area (Å²) in [6, 6.07) is 9.46. The van der Waals surface area contributed by atoms with Crippen LogP contribution in [0.1, 0.15) is 21.7 Å². The smallest absolute Gasteiger partial charge is 0.337 e. The summed E-state index contributed by atoms with van der Waals surface area (Å²) in [6.45, 7) is 0.257. The van der Waals surface area contributed by atoms with Crippen LogP contribution in [0.15, 0.2) is 46.7 Å². The molecule has 1 aliphatic heterocycles. The van der Waals surface area contributed by atoms with Crippen LogP contribution in [0.5, 0.6) is 0 Å². The van der Waals surface area contributed by atoms with E-state index in [2.05, 4.69) is 4.72 Å². The summed E-state index contributed by atoms with van der Waals surface area (Å²) in [6.07, 6.45) is -3.23. The van der Waals surface area contributed by atoms with Crippen LogP contribution >= 0.6 is 11.3 Å². The lowest BCUT2D eigenvalue weighted by Gasteiger charge is -2.23. The minimum Gasteiger partial charge on any atom is -0.337 e. The maximum Gasteiger partial charge on any atom is 0.401 e. The van der Waals surface area contributed by atoms with E-state index in [1.54, 1.807) is 11.3 Å². The number of nitrogens with zero attached hydrogens (tertiary/aromatic N) is 2. The molecule has 0 aliphatic carbocycles. The molecule has 2 aromatic rings. The van der Waals surface area contributed by atoms with Crippen molar-refractivity contribution in [3.8, 4) is 0 Å². The van der Waals surface area contributed by atoms with Crippen molar-refractivity contribution in [3.63, 3.8) is 0 Å². The number of carbonyl (C=O) groups excluding carboxylic acids is 1. The second-order valence-corrected chi connectivity index (χ2v) is 10.1. The van der Waals surface area contributed by atoms with E-state index in [1.807, 2.05) is 17.5 Å². The Morgan fingerprint density at radius 1 is 1.06 bits per heavy atom. The number of alkyl halides is 3. The first kappa shape index (κ1) is 23.7.